The molecule has 0 aliphatic carbocycles. The maximum Gasteiger partial charge on any atom is 0.117 e. The number of nitrogens with zero attached hydrogens (tertiary/aromatic N) is 1. The van der Waals surface area contributed by atoms with Gasteiger partial charge in [0.05, 0.1) is 0 Å². The molecule has 19 heavy (non-hydrogen) atoms. The van der Waals surface area contributed by atoms with Crippen molar-refractivity contribution in [3.63, 3.8) is 0 Å². The first-order valence-electron chi connectivity index (χ1n) is 5.79. The molecule has 0 unspecified atom stereocenters. The Labute approximate surface area is 117 Å². The van der Waals surface area contributed by atoms with Crippen LogP contribution in [0.4, 0.5) is 0 Å². The van der Waals surface area contributed by atoms with Crippen LogP contribution < -0.4 is 0 Å². The highest BCUT2D eigenvalue weighted by molar-refractivity contribution is 6.30. The van der Waals surface area contributed by atoms with Crippen molar-refractivity contribution in [2.45, 2.75) is 6.92 Å². The summed E-state index contributed by atoms with van der Waals surface area (Å²) in [6.07, 6.45) is 0. The second-order valence-corrected chi connectivity index (χ2v) is 4.57. The van der Waals surface area contributed by atoms with Crippen molar-refractivity contribution in [3.8, 4) is 5.75 Å². The molecular weight excluding hydrogens is 262 g/mol. The number of oxime groups is 1. The predicted octanol–water partition coefficient (Wildman–Crippen LogP) is 3.75. The van der Waals surface area contributed by atoms with E-state index in [9.17, 15) is 5.11 Å². The fourth-order valence-corrected chi connectivity index (χ4v) is 2.00. The fourth-order valence-electron chi connectivity index (χ4n) is 1.87. The van der Waals surface area contributed by atoms with E-state index >= 15 is 0 Å². The zero-order valence-electron chi connectivity index (χ0n) is 10.7. The van der Waals surface area contributed by atoms with Gasteiger partial charge in [-0.05, 0) is 42.8 Å². The van der Waals surface area contributed by atoms with Gasteiger partial charge in [0.15, 0.2) is 0 Å². The zero-order valence-corrected chi connectivity index (χ0v) is 11.5. The number of phenols is 1. The molecule has 2 rings (SSSR count). The molecule has 2 aromatic carbocycles. The van der Waals surface area contributed by atoms with Crippen molar-refractivity contribution in [1.82, 2.24) is 0 Å². The third kappa shape index (κ3) is 3.06. The summed E-state index contributed by atoms with van der Waals surface area (Å²) in [6.45, 7) is 1.91. The maximum absolute atomic E-state index is 9.47. The van der Waals surface area contributed by atoms with Crippen molar-refractivity contribution in [2.24, 2.45) is 5.16 Å². The lowest BCUT2D eigenvalue weighted by Crippen LogP contribution is -2.06. The number of rotatable bonds is 3. The first-order chi connectivity index (χ1) is 9.11. The van der Waals surface area contributed by atoms with E-state index in [-0.39, 0.29) is 5.75 Å². The number of hydrogen-bond donors (Lipinski definition) is 1. The summed E-state index contributed by atoms with van der Waals surface area (Å²) in [6, 6.07) is 12.5. The van der Waals surface area contributed by atoms with E-state index in [0.717, 1.165) is 16.7 Å². The van der Waals surface area contributed by atoms with Crippen LogP contribution in [0.25, 0.3) is 0 Å². The minimum absolute atomic E-state index is 0.231. The van der Waals surface area contributed by atoms with Gasteiger partial charge < -0.3 is 9.94 Å². The summed E-state index contributed by atoms with van der Waals surface area (Å²) in [5.41, 5.74) is 3.43. The largest absolute Gasteiger partial charge is 0.508 e. The van der Waals surface area contributed by atoms with Gasteiger partial charge in [-0.2, -0.15) is 0 Å². The average Bonchev–Trinajstić information content (AvgIpc) is 2.38. The number of halogens is 1. The first-order valence-corrected chi connectivity index (χ1v) is 6.16. The lowest BCUT2D eigenvalue weighted by molar-refractivity contribution is 0.214. The first kappa shape index (κ1) is 13.4. The minimum Gasteiger partial charge on any atom is -0.508 e. The minimum atomic E-state index is 0.231. The van der Waals surface area contributed by atoms with Crippen LogP contribution >= 0.6 is 11.6 Å². The monoisotopic (exact) mass is 275 g/mol. The van der Waals surface area contributed by atoms with Gasteiger partial charge in [0.25, 0.3) is 0 Å². The van der Waals surface area contributed by atoms with E-state index in [1.165, 1.54) is 7.11 Å². The third-order valence-electron chi connectivity index (χ3n) is 2.77. The Morgan fingerprint density at radius 2 is 1.84 bits per heavy atom. The maximum atomic E-state index is 9.47. The average molecular weight is 276 g/mol. The Hall–Kier alpha value is -2.00. The number of phenolic OH excluding ortho intramolecular Hbond substituents is 1. The fraction of sp³-hybridized carbons (Fsp3) is 0.133. The summed E-state index contributed by atoms with van der Waals surface area (Å²) in [5, 5.41) is 14.2. The normalized spacial score (nSPS) is 11.4. The summed E-state index contributed by atoms with van der Waals surface area (Å²) in [4.78, 5) is 4.92. The van der Waals surface area contributed by atoms with Crippen molar-refractivity contribution >= 4 is 17.3 Å². The van der Waals surface area contributed by atoms with E-state index in [0.29, 0.717) is 10.7 Å². The lowest BCUT2D eigenvalue weighted by atomic mass is 9.98. The van der Waals surface area contributed by atoms with Gasteiger partial charge in [0.2, 0.25) is 0 Å². The van der Waals surface area contributed by atoms with E-state index < -0.39 is 0 Å². The molecule has 0 heterocycles. The highest BCUT2D eigenvalue weighted by Crippen LogP contribution is 2.21. The van der Waals surface area contributed by atoms with Crippen molar-refractivity contribution < 1.29 is 9.94 Å². The Morgan fingerprint density at radius 3 is 2.42 bits per heavy atom. The molecule has 2 aromatic rings. The third-order valence-corrected chi connectivity index (χ3v) is 3.02. The predicted molar refractivity (Wildman–Crippen MR) is 76.9 cm³/mol. The topological polar surface area (TPSA) is 41.8 Å². The van der Waals surface area contributed by atoms with Crippen molar-refractivity contribution in [1.29, 1.82) is 0 Å². The van der Waals surface area contributed by atoms with Crippen LogP contribution in [-0.2, 0) is 4.84 Å². The Bertz CT molecular complexity index is 606. The standard InChI is InChI=1S/C15H14ClNO2/c1-10-9-13(18)7-8-14(10)15(17-19-2)11-3-5-12(16)6-4-11/h3-9,18H,1-2H3/b17-15+. The molecule has 98 valence electrons. The van der Waals surface area contributed by atoms with Crippen LogP contribution in [0.2, 0.25) is 5.02 Å². The van der Waals surface area contributed by atoms with Gasteiger partial charge >= 0.3 is 0 Å². The molecule has 0 aliphatic rings. The van der Waals surface area contributed by atoms with Crippen LogP contribution in [0, 0.1) is 6.92 Å². The second-order valence-electron chi connectivity index (χ2n) is 4.13. The number of benzene rings is 2. The molecule has 0 spiro atoms. The molecule has 0 aliphatic heterocycles. The molecule has 0 amide bonds. The molecule has 0 radical (unpaired) electrons. The number of aryl methyl sites for hydroxylation is 1. The highest BCUT2D eigenvalue weighted by atomic mass is 35.5. The molecule has 0 saturated heterocycles. The van der Waals surface area contributed by atoms with Crippen LogP contribution in [0.1, 0.15) is 16.7 Å². The van der Waals surface area contributed by atoms with Gasteiger partial charge in [-0.3, -0.25) is 0 Å². The van der Waals surface area contributed by atoms with Gasteiger partial charge in [-0.25, -0.2) is 0 Å². The van der Waals surface area contributed by atoms with Crippen LogP contribution in [0.15, 0.2) is 47.6 Å². The zero-order chi connectivity index (χ0) is 13.8. The van der Waals surface area contributed by atoms with Gasteiger partial charge in [-0.1, -0.05) is 28.9 Å². The van der Waals surface area contributed by atoms with Gasteiger partial charge in [0.1, 0.15) is 18.6 Å². The van der Waals surface area contributed by atoms with Crippen LogP contribution in [0.3, 0.4) is 0 Å². The van der Waals surface area contributed by atoms with Crippen LogP contribution in [-0.4, -0.2) is 17.9 Å². The molecule has 0 atom stereocenters. The van der Waals surface area contributed by atoms with E-state index in [4.69, 9.17) is 16.4 Å². The summed E-state index contributed by atoms with van der Waals surface area (Å²) >= 11 is 5.89. The number of aromatic hydroxyl groups is 1. The second kappa shape index (κ2) is 5.76. The Kier molecular flexibility index (Phi) is 4.07. The van der Waals surface area contributed by atoms with E-state index in [1.54, 1.807) is 24.3 Å². The molecule has 1 N–H and O–H groups in total. The Balaban J connectivity index is 2.52. The summed E-state index contributed by atoms with van der Waals surface area (Å²) in [5.74, 6) is 0.231. The number of hydrogen-bond acceptors (Lipinski definition) is 3. The SMILES string of the molecule is CO/N=C(\c1ccc(Cl)cc1)c1ccc(O)cc1C. The summed E-state index contributed by atoms with van der Waals surface area (Å²) < 4.78 is 0. The quantitative estimate of drug-likeness (QED) is 0.685. The molecule has 3 nitrogen and oxygen atoms in total. The molecular formula is C15H14ClNO2. The molecule has 4 heteroatoms. The van der Waals surface area contributed by atoms with Gasteiger partial charge in [0, 0.05) is 16.1 Å². The van der Waals surface area contributed by atoms with E-state index in [2.05, 4.69) is 5.16 Å². The molecule has 0 saturated carbocycles. The molecule has 0 bridgehead atoms. The molecule has 0 fully saturated rings. The lowest BCUT2D eigenvalue weighted by Gasteiger charge is -2.10. The van der Waals surface area contributed by atoms with Crippen molar-refractivity contribution in [3.05, 3.63) is 64.2 Å². The van der Waals surface area contributed by atoms with Crippen LogP contribution in [0.5, 0.6) is 5.75 Å². The Morgan fingerprint density at radius 1 is 1.16 bits per heavy atom. The van der Waals surface area contributed by atoms with E-state index in [1.807, 2.05) is 25.1 Å². The smallest absolute Gasteiger partial charge is 0.117 e. The highest BCUT2D eigenvalue weighted by Gasteiger charge is 2.11. The van der Waals surface area contributed by atoms with Gasteiger partial charge in [-0.15, -0.1) is 0 Å². The molecule has 0 aromatic heterocycles. The van der Waals surface area contributed by atoms with Crippen molar-refractivity contribution in [2.75, 3.05) is 7.11 Å². The summed E-state index contributed by atoms with van der Waals surface area (Å²) in [7, 11) is 1.51.